The third-order valence-electron chi connectivity index (χ3n) is 4.23. The van der Waals surface area contributed by atoms with E-state index in [2.05, 4.69) is 15.0 Å². The van der Waals surface area contributed by atoms with Crippen molar-refractivity contribution >= 4 is 17.6 Å². The number of aromatic nitrogens is 1. The Labute approximate surface area is 129 Å². The van der Waals surface area contributed by atoms with Crippen LogP contribution in [0.1, 0.15) is 18.4 Å². The smallest absolute Gasteiger partial charge is 0.388 e. The Kier molecular flexibility index (Phi) is 3.47. The Balaban J connectivity index is 1.68. The number of anilines is 1. The molecule has 2 bridgehead atoms. The van der Waals surface area contributed by atoms with E-state index in [0.717, 1.165) is 0 Å². The van der Waals surface area contributed by atoms with E-state index >= 15 is 0 Å². The van der Waals surface area contributed by atoms with Gasteiger partial charge in [-0.3, -0.25) is 9.59 Å². The van der Waals surface area contributed by atoms with Crippen molar-refractivity contribution in [3.63, 3.8) is 0 Å². The summed E-state index contributed by atoms with van der Waals surface area (Å²) >= 11 is 0. The molecule has 7 nitrogen and oxygen atoms in total. The molecule has 1 amide bonds. The number of ether oxygens (including phenoxy) is 2. The summed E-state index contributed by atoms with van der Waals surface area (Å²) in [6.07, 6.45) is 1.44. The summed E-state index contributed by atoms with van der Waals surface area (Å²) in [6.45, 7) is -1.45. The molecule has 1 aromatic rings. The molecule has 0 unspecified atom stereocenters. The summed E-state index contributed by atoms with van der Waals surface area (Å²) in [7, 11) is 0. The number of hydrogen-bond acceptors (Lipinski definition) is 5. The highest BCUT2D eigenvalue weighted by molar-refractivity contribution is 6.00. The second kappa shape index (κ2) is 5.12. The first-order chi connectivity index (χ1) is 10.8. The van der Waals surface area contributed by atoms with E-state index < -0.39 is 29.5 Å². The van der Waals surface area contributed by atoms with Gasteiger partial charge >= 0.3 is 12.6 Å². The fraction of sp³-hybridized carbons (Fsp3) is 0.500. The van der Waals surface area contributed by atoms with Crippen LogP contribution in [-0.4, -0.2) is 40.8 Å². The summed E-state index contributed by atoms with van der Waals surface area (Å²) < 4.78 is 34.0. The van der Waals surface area contributed by atoms with Gasteiger partial charge in [-0.15, -0.1) is 0 Å². The van der Waals surface area contributed by atoms with Gasteiger partial charge in [-0.1, -0.05) is 0 Å². The predicted octanol–water partition coefficient (Wildman–Crippen LogP) is 1.56. The number of carbonyl (C=O) groups is 2. The standard InChI is InChI=1S/C14H14F2N2O5/c1-7-2-8(3-17-9(7)23-12(15)16)18-10(19)14-4-13(5-14,6-22-14)11(20)21/h2-3,12H,4-6H2,1H3,(H,18,19)(H,20,21). The molecule has 1 aromatic heterocycles. The number of hydrogen-bond donors (Lipinski definition) is 2. The van der Waals surface area contributed by atoms with Crippen LogP contribution in [0.4, 0.5) is 14.5 Å². The van der Waals surface area contributed by atoms with Crippen molar-refractivity contribution in [2.24, 2.45) is 5.41 Å². The van der Waals surface area contributed by atoms with E-state index in [-0.39, 0.29) is 25.3 Å². The molecule has 9 heteroatoms. The zero-order chi connectivity index (χ0) is 16.8. The molecule has 4 rings (SSSR count). The lowest BCUT2D eigenvalue weighted by molar-refractivity contribution is -0.156. The normalized spacial score (nSPS) is 28.3. The molecule has 124 valence electrons. The predicted molar refractivity (Wildman–Crippen MR) is 72.2 cm³/mol. The minimum absolute atomic E-state index is 0.00813. The summed E-state index contributed by atoms with van der Waals surface area (Å²) in [5, 5.41) is 11.7. The van der Waals surface area contributed by atoms with Gasteiger partial charge in [0.1, 0.15) is 5.60 Å². The number of rotatable bonds is 5. The van der Waals surface area contributed by atoms with Gasteiger partial charge < -0.3 is 19.9 Å². The fourth-order valence-corrected chi connectivity index (χ4v) is 3.04. The van der Waals surface area contributed by atoms with Gasteiger partial charge in [0.25, 0.3) is 5.91 Å². The van der Waals surface area contributed by atoms with Crippen molar-refractivity contribution in [2.45, 2.75) is 32.0 Å². The number of alkyl halides is 2. The maximum absolute atomic E-state index is 12.3. The second-order valence-corrected chi connectivity index (χ2v) is 5.90. The lowest BCUT2D eigenvalue weighted by Gasteiger charge is -2.40. The number of carbonyl (C=O) groups excluding carboxylic acids is 1. The van der Waals surface area contributed by atoms with Gasteiger partial charge in [-0.25, -0.2) is 4.98 Å². The molecule has 2 N–H and O–H groups in total. The number of amides is 1. The van der Waals surface area contributed by atoms with Crippen molar-refractivity contribution in [1.29, 1.82) is 0 Å². The van der Waals surface area contributed by atoms with Crippen molar-refractivity contribution in [2.75, 3.05) is 11.9 Å². The molecule has 1 saturated carbocycles. The molecular formula is C14H14F2N2O5. The molecule has 0 spiro atoms. The first-order valence-electron chi connectivity index (χ1n) is 6.87. The van der Waals surface area contributed by atoms with Crippen LogP contribution in [0.5, 0.6) is 5.88 Å². The van der Waals surface area contributed by atoms with E-state index in [4.69, 9.17) is 9.84 Å². The van der Waals surface area contributed by atoms with E-state index in [1.54, 1.807) is 0 Å². The number of carboxylic acids is 1. The third-order valence-corrected chi connectivity index (χ3v) is 4.23. The average Bonchev–Trinajstić information content (AvgIpc) is 2.98. The summed E-state index contributed by atoms with van der Waals surface area (Å²) in [5.41, 5.74) is -1.47. The van der Waals surface area contributed by atoms with Crippen LogP contribution < -0.4 is 10.1 Å². The summed E-state index contributed by atoms with van der Waals surface area (Å²) in [4.78, 5) is 27.2. The molecule has 23 heavy (non-hydrogen) atoms. The Hall–Kier alpha value is -2.29. The van der Waals surface area contributed by atoms with E-state index in [9.17, 15) is 18.4 Å². The van der Waals surface area contributed by atoms with Crippen LogP contribution in [0.25, 0.3) is 0 Å². The van der Waals surface area contributed by atoms with E-state index in [1.165, 1.54) is 19.2 Å². The molecule has 0 radical (unpaired) electrons. The zero-order valence-electron chi connectivity index (χ0n) is 12.1. The Morgan fingerprint density at radius 1 is 1.48 bits per heavy atom. The number of aliphatic carboxylic acids is 1. The van der Waals surface area contributed by atoms with Crippen LogP contribution in [0, 0.1) is 12.3 Å². The molecule has 2 aliphatic heterocycles. The molecule has 0 aromatic carbocycles. The average molecular weight is 328 g/mol. The Bertz CT molecular complexity index is 673. The van der Waals surface area contributed by atoms with Gasteiger partial charge in [0.2, 0.25) is 5.88 Å². The maximum atomic E-state index is 12.3. The fourth-order valence-electron chi connectivity index (χ4n) is 3.04. The topological polar surface area (TPSA) is 97.8 Å². The van der Waals surface area contributed by atoms with Crippen molar-refractivity contribution in [1.82, 2.24) is 4.98 Å². The Morgan fingerprint density at radius 2 is 2.17 bits per heavy atom. The van der Waals surface area contributed by atoms with E-state index in [0.29, 0.717) is 11.3 Å². The van der Waals surface area contributed by atoms with Crippen LogP contribution in [-0.2, 0) is 14.3 Å². The lowest BCUT2D eigenvalue weighted by Crippen LogP contribution is -2.55. The first kappa shape index (κ1) is 15.6. The Morgan fingerprint density at radius 3 is 2.70 bits per heavy atom. The molecule has 2 saturated heterocycles. The molecule has 3 aliphatic rings. The zero-order valence-corrected chi connectivity index (χ0v) is 12.1. The number of carboxylic acid groups (broad SMARTS) is 1. The third kappa shape index (κ3) is 2.50. The monoisotopic (exact) mass is 328 g/mol. The van der Waals surface area contributed by atoms with Gasteiger partial charge in [-0.2, -0.15) is 8.78 Å². The van der Waals surface area contributed by atoms with Crippen LogP contribution in [0.3, 0.4) is 0 Å². The van der Waals surface area contributed by atoms with Gasteiger partial charge in [0, 0.05) is 18.4 Å². The number of aryl methyl sites for hydroxylation is 1. The van der Waals surface area contributed by atoms with E-state index in [1.807, 2.05) is 0 Å². The van der Waals surface area contributed by atoms with Crippen LogP contribution in [0.2, 0.25) is 0 Å². The number of pyridine rings is 1. The largest absolute Gasteiger partial charge is 0.481 e. The molecule has 1 aliphatic carbocycles. The minimum atomic E-state index is -2.98. The molecule has 3 heterocycles. The van der Waals surface area contributed by atoms with Crippen LogP contribution >= 0.6 is 0 Å². The first-order valence-corrected chi connectivity index (χ1v) is 6.87. The minimum Gasteiger partial charge on any atom is -0.481 e. The number of nitrogens with zero attached hydrogens (tertiary/aromatic N) is 1. The SMILES string of the molecule is Cc1cc(NC(=O)C23CC(C(=O)O)(CO2)C3)cnc1OC(F)F. The number of fused-ring (bicyclic) bond motifs is 1. The highest BCUT2D eigenvalue weighted by atomic mass is 19.3. The highest BCUT2D eigenvalue weighted by Gasteiger charge is 2.70. The van der Waals surface area contributed by atoms with Crippen molar-refractivity contribution < 1.29 is 33.0 Å². The summed E-state index contributed by atoms with van der Waals surface area (Å²) in [6, 6.07) is 1.44. The van der Waals surface area contributed by atoms with Gasteiger partial charge in [0.15, 0.2) is 0 Å². The lowest BCUT2D eigenvalue weighted by atomic mass is 9.62. The number of halogens is 2. The maximum Gasteiger partial charge on any atom is 0.388 e. The quantitative estimate of drug-likeness (QED) is 0.851. The van der Waals surface area contributed by atoms with Gasteiger partial charge in [-0.05, 0) is 13.0 Å². The molecule has 3 fully saturated rings. The number of nitrogens with one attached hydrogen (secondary N) is 1. The second-order valence-electron chi connectivity index (χ2n) is 5.90. The summed E-state index contributed by atoms with van der Waals surface area (Å²) in [5.74, 6) is -1.65. The highest BCUT2D eigenvalue weighted by Crippen LogP contribution is 2.58. The van der Waals surface area contributed by atoms with Crippen molar-refractivity contribution in [3.8, 4) is 5.88 Å². The van der Waals surface area contributed by atoms with Crippen LogP contribution in [0.15, 0.2) is 12.3 Å². The molecular weight excluding hydrogens is 314 g/mol. The molecule has 0 atom stereocenters. The van der Waals surface area contributed by atoms with Gasteiger partial charge in [0.05, 0.1) is 23.9 Å². The van der Waals surface area contributed by atoms with Crippen molar-refractivity contribution in [3.05, 3.63) is 17.8 Å².